The Bertz CT molecular complexity index is 434. The van der Waals surface area contributed by atoms with E-state index >= 15 is 0 Å². The smallest absolute Gasteiger partial charge is 0.254 e. The van der Waals surface area contributed by atoms with Crippen LogP contribution in [0, 0.1) is 13.8 Å². The zero-order valence-corrected chi connectivity index (χ0v) is 13.4. The summed E-state index contributed by atoms with van der Waals surface area (Å²) in [5, 5.41) is 0.955. The first kappa shape index (κ1) is 14.6. The van der Waals surface area contributed by atoms with E-state index in [1.165, 1.54) is 19.3 Å². The predicted molar refractivity (Wildman–Crippen MR) is 83.0 cm³/mol. The Morgan fingerprint density at radius 1 is 1.26 bits per heavy atom. The lowest BCUT2D eigenvalue weighted by atomic mass is 9.90. The second kappa shape index (κ2) is 6.56. The van der Waals surface area contributed by atoms with Crippen molar-refractivity contribution in [3.63, 3.8) is 0 Å². The minimum Gasteiger partial charge on any atom is -0.336 e. The van der Waals surface area contributed by atoms with Crippen LogP contribution in [0.25, 0.3) is 0 Å². The van der Waals surface area contributed by atoms with Gasteiger partial charge in [-0.1, -0.05) is 33.1 Å². The van der Waals surface area contributed by atoms with Gasteiger partial charge in [0.1, 0.15) is 0 Å². The van der Waals surface area contributed by atoms with Gasteiger partial charge in [0, 0.05) is 23.5 Å². The highest BCUT2D eigenvalue weighted by Crippen LogP contribution is 2.27. The zero-order chi connectivity index (χ0) is 13.8. The average molecular weight is 324 g/mol. The van der Waals surface area contributed by atoms with Crippen LogP contribution in [0.15, 0.2) is 18.2 Å². The third kappa shape index (κ3) is 3.59. The molecule has 2 nitrogen and oxygen atoms in total. The Morgan fingerprint density at radius 3 is 2.37 bits per heavy atom. The molecule has 1 saturated carbocycles. The van der Waals surface area contributed by atoms with Crippen LogP contribution in [0.3, 0.4) is 0 Å². The SMILES string of the molecule is Cc1cc(C)cc(C(=O)N(CCCBr)C2CCC2)c1. The number of halogens is 1. The molecule has 2 rings (SSSR count). The molecule has 1 amide bonds. The van der Waals surface area contributed by atoms with Gasteiger partial charge in [0.15, 0.2) is 0 Å². The average Bonchev–Trinajstić information content (AvgIpc) is 2.29. The Hall–Kier alpha value is -0.830. The predicted octanol–water partition coefficient (Wildman–Crippen LogP) is 4.08. The molecule has 0 aromatic heterocycles. The molecule has 0 spiro atoms. The summed E-state index contributed by atoms with van der Waals surface area (Å²) >= 11 is 3.46. The summed E-state index contributed by atoms with van der Waals surface area (Å²) in [6.07, 6.45) is 4.61. The van der Waals surface area contributed by atoms with Gasteiger partial charge in [-0.25, -0.2) is 0 Å². The highest BCUT2D eigenvalue weighted by molar-refractivity contribution is 9.09. The summed E-state index contributed by atoms with van der Waals surface area (Å²) < 4.78 is 0. The van der Waals surface area contributed by atoms with Gasteiger partial charge in [0.05, 0.1) is 0 Å². The lowest BCUT2D eigenvalue weighted by molar-refractivity contribution is 0.0581. The van der Waals surface area contributed by atoms with Crippen LogP contribution in [0.1, 0.15) is 47.2 Å². The van der Waals surface area contributed by atoms with Gasteiger partial charge in [-0.2, -0.15) is 0 Å². The Labute approximate surface area is 124 Å². The molecule has 104 valence electrons. The maximum absolute atomic E-state index is 12.7. The number of hydrogen-bond acceptors (Lipinski definition) is 1. The molecule has 0 saturated heterocycles. The van der Waals surface area contributed by atoms with E-state index < -0.39 is 0 Å². The first-order chi connectivity index (χ1) is 9.11. The van der Waals surface area contributed by atoms with Crippen molar-refractivity contribution in [2.75, 3.05) is 11.9 Å². The largest absolute Gasteiger partial charge is 0.336 e. The number of benzene rings is 1. The molecule has 0 radical (unpaired) electrons. The summed E-state index contributed by atoms with van der Waals surface area (Å²) in [6, 6.07) is 6.60. The van der Waals surface area contributed by atoms with Crippen molar-refractivity contribution < 1.29 is 4.79 Å². The molecule has 0 heterocycles. The highest BCUT2D eigenvalue weighted by Gasteiger charge is 2.28. The van der Waals surface area contributed by atoms with Gasteiger partial charge >= 0.3 is 0 Å². The maximum Gasteiger partial charge on any atom is 0.254 e. The van der Waals surface area contributed by atoms with Crippen LogP contribution in [-0.4, -0.2) is 28.7 Å². The fourth-order valence-corrected chi connectivity index (χ4v) is 2.89. The number of alkyl halides is 1. The van der Waals surface area contributed by atoms with E-state index in [1.54, 1.807) is 0 Å². The van der Waals surface area contributed by atoms with Crippen LogP contribution >= 0.6 is 15.9 Å². The molecule has 1 fully saturated rings. The number of rotatable bonds is 5. The van der Waals surface area contributed by atoms with E-state index in [-0.39, 0.29) is 5.91 Å². The molecule has 0 aliphatic heterocycles. The first-order valence-electron chi connectivity index (χ1n) is 7.07. The number of carbonyl (C=O) groups excluding carboxylic acids is 1. The number of aryl methyl sites for hydroxylation is 2. The quantitative estimate of drug-likeness (QED) is 0.747. The van der Waals surface area contributed by atoms with Crippen LogP contribution in [0.5, 0.6) is 0 Å². The van der Waals surface area contributed by atoms with Gasteiger partial charge in [-0.05, 0) is 51.7 Å². The van der Waals surface area contributed by atoms with Crippen molar-refractivity contribution in [3.8, 4) is 0 Å². The van der Waals surface area contributed by atoms with Crippen molar-refractivity contribution in [2.45, 2.75) is 45.6 Å². The normalized spacial score (nSPS) is 15.1. The fourth-order valence-electron chi connectivity index (χ4n) is 2.64. The zero-order valence-electron chi connectivity index (χ0n) is 11.8. The molecule has 0 N–H and O–H groups in total. The van der Waals surface area contributed by atoms with Gasteiger partial charge < -0.3 is 4.90 Å². The minimum atomic E-state index is 0.206. The number of amides is 1. The number of hydrogen-bond donors (Lipinski definition) is 0. The molecule has 0 bridgehead atoms. The molecule has 0 atom stereocenters. The Morgan fingerprint density at radius 2 is 1.89 bits per heavy atom. The van der Waals surface area contributed by atoms with E-state index in [0.717, 1.165) is 35.0 Å². The van der Waals surface area contributed by atoms with Gasteiger partial charge in [0.25, 0.3) is 5.91 Å². The topological polar surface area (TPSA) is 20.3 Å². The molecule has 1 aromatic rings. The van der Waals surface area contributed by atoms with Crippen LogP contribution < -0.4 is 0 Å². The Balaban J connectivity index is 2.17. The number of nitrogens with zero attached hydrogens (tertiary/aromatic N) is 1. The molecule has 3 heteroatoms. The third-order valence-electron chi connectivity index (χ3n) is 3.78. The van der Waals surface area contributed by atoms with Gasteiger partial charge in [-0.15, -0.1) is 0 Å². The molecule has 0 unspecified atom stereocenters. The Kier molecular flexibility index (Phi) is 5.03. The lowest BCUT2D eigenvalue weighted by Gasteiger charge is -2.37. The maximum atomic E-state index is 12.7. The van der Waals surface area contributed by atoms with Crippen molar-refractivity contribution in [3.05, 3.63) is 34.9 Å². The molecule has 1 aliphatic rings. The molecular weight excluding hydrogens is 302 g/mol. The van der Waals surface area contributed by atoms with Gasteiger partial charge in [-0.3, -0.25) is 4.79 Å². The summed E-state index contributed by atoms with van der Waals surface area (Å²) in [5.74, 6) is 0.206. The molecule has 1 aliphatic carbocycles. The standard InChI is InChI=1S/C16H22BrNO/c1-12-9-13(2)11-14(10-12)16(19)18(8-4-7-17)15-5-3-6-15/h9-11,15H,3-8H2,1-2H3. The van der Waals surface area contributed by atoms with Crippen molar-refractivity contribution >= 4 is 21.8 Å². The van der Waals surface area contributed by atoms with E-state index in [9.17, 15) is 4.79 Å². The van der Waals surface area contributed by atoms with E-state index in [4.69, 9.17) is 0 Å². The van der Waals surface area contributed by atoms with Crippen LogP contribution in [0.4, 0.5) is 0 Å². The van der Waals surface area contributed by atoms with Crippen molar-refractivity contribution in [2.24, 2.45) is 0 Å². The summed E-state index contributed by atoms with van der Waals surface area (Å²) in [5.41, 5.74) is 3.17. The summed E-state index contributed by atoms with van der Waals surface area (Å²) in [6.45, 7) is 4.97. The summed E-state index contributed by atoms with van der Waals surface area (Å²) in [4.78, 5) is 14.8. The second-order valence-corrected chi connectivity index (χ2v) is 6.30. The van der Waals surface area contributed by atoms with Crippen LogP contribution in [0.2, 0.25) is 0 Å². The number of carbonyl (C=O) groups is 1. The van der Waals surface area contributed by atoms with E-state index in [2.05, 4.69) is 40.7 Å². The lowest BCUT2D eigenvalue weighted by Crippen LogP contribution is -2.44. The van der Waals surface area contributed by atoms with Gasteiger partial charge in [0.2, 0.25) is 0 Å². The molecule has 19 heavy (non-hydrogen) atoms. The van der Waals surface area contributed by atoms with Crippen LogP contribution in [-0.2, 0) is 0 Å². The van der Waals surface area contributed by atoms with Crippen molar-refractivity contribution in [1.82, 2.24) is 4.90 Å². The highest BCUT2D eigenvalue weighted by atomic mass is 79.9. The fraction of sp³-hybridized carbons (Fsp3) is 0.562. The third-order valence-corrected chi connectivity index (χ3v) is 4.34. The monoisotopic (exact) mass is 323 g/mol. The minimum absolute atomic E-state index is 0.206. The van der Waals surface area contributed by atoms with Crippen molar-refractivity contribution in [1.29, 1.82) is 0 Å². The molecular formula is C16H22BrNO. The van der Waals surface area contributed by atoms with E-state index in [0.29, 0.717) is 6.04 Å². The molecule has 1 aromatic carbocycles. The summed E-state index contributed by atoms with van der Waals surface area (Å²) in [7, 11) is 0. The second-order valence-electron chi connectivity index (χ2n) is 5.50. The first-order valence-corrected chi connectivity index (χ1v) is 8.19. The van der Waals surface area contributed by atoms with E-state index in [1.807, 2.05) is 12.1 Å².